The molecule has 5 heteroatoms. The van der Waals surface area contributed by atoms with E-state index >= 15 is 0 Å². The van der Waals surface area contributed by atoms with Gasteiger partial charge in [0.25, 0.3) is 0 Å². The summed E-state index contributed by atoms with van der Waals surface area (Å²) in [4.78, 5) is 25.3. The van der Waals surface area contributed by atoms with Crippen LogP contribution in [0.3, 0.4) is 0 Å². The first-order valence-electron chi connectivity index (χ1n) is 10.9. The molecule has 0 heterocycles. The smallest absolute Gasteiger partial charge is 0.306 e. The fourth-order valence-electron chi connectivity index (χ4n) is 4.35. The molecule has 0 saturated heterocycles. The summed E-state index contributed by atoms with van der Waals surface area (Å²) < 4.78 is 18.2. The number of hydrogen-bond acceptors (Lipinski definition) is 3. The van der Waals surface area contributed by atoms with E-state index in [1.807, 2.05) is 54.6 Å². The lowest BCUT2D eigenvalue weighted by Gasteiger charge is -2.18. The van der Waals surface area contributed by atoms with Gasteiger partial charge < -0.3 is 10.1 Å². The van der Waals surface area contributed by atoms with Gasteiger partial charge in [0.05, 0.1) is 12.3 Å². The third-order valence-corrected chi connectivity index (χ3v) is 5.88. The maximum atomic E-state index is 12.7. The maximum Gasteiger partial charge on any atom is 0.306 e. The standard InChI is InChI=1S/C27H26FNO3/c28-14-15-29-27(31)20(16-19-8-2-1-3-9-19)17-26(30)32-18-25-23-12-6-4-10-21(23)22-11-5-7-13-24(22)25/h1-13,20,25H,14-18H2,(H,29,31)/t20-/m0/s1. The number of carbonyl (C=O) groups excluding carboxylic acids is 2. The highest BCUT2D eigenvalue weighted by molar-refractivity contribution is 5.84. The predicted molar refractivity (Wildman–Crippen MR) is 122 cm³/mol. The fourth-order valence-corrected chi connectivity index (χ4v) is 4.35. The summed E-state index contributed by atoms with van der Waals surface area (Å²) in [6.07, 6.45) is 0.339. The number of hydrogen-bond donors (Lipinski definition) is 1. The van der Waals surface area contributed by atoms with E-state index in [1.165, 1.54) is 0 Å². The number of ether oxygens (including phenoxy) is 1. The zero-order valence-electron chi connectivity index (χ0n) is 17.8. The summed E-state index contributed by atoms with van der Waals surface area (Å²) in [6.45, 7) is -0.486. The lowest BCUT2D eigenvalue weighted by molar-refractivity contribution is -0.147. The lowest BCUT2D eigenvalue weighted by atomic mass is 9.95. The second-order valence-corrected chi connectivity index (χ2v) is 7.98. The topological polar surface area (TPSA) is 55.4 Å². The SMILES string of the molecule is O=C(C[C@H](Cc1ccccc1)C(=O)NCCF)OCC1c2ccccc2-c2ccccc21. The molecule has 1 amide bonds. The van der Waals surface area contributed by atoms with Crippen molar-refractivity contribution in [2.75, 3.05) is 19.8 Å². The quantitative estimate of drug-likeness (QED) is 0.501. The highest BCUT2D eigenvalue weighted by Crippen LogP contribution is 2.44. The summed E-state index contributed by atoms with van der Waals surface area (Å²) in [5.41, 5.74) is 5.55. The summed E-state index contributed by atoms with van der Waals surface area (Å²) >= 11 is 0. The van der Waals surface area contributed by atoms with Gasteiger partial charge in [-0.3, -0.25) is 9.59 Å². The van der Waals surface area contributed by atoms with Gasteiger partial charge in [-0.1, -0.05) is 78.9 Å². The Morgan fingerprint density at radius 1 is 0.875 bits per heavy atom. The molecular formula is C27H26FNO3. The maximum absolute atomic E-state index is 12.7. The van der Waals surface area contributed by atoms with Crippen molar-refractivity contribution in [3.63, 3.8) is 0 Å². The predicted octanol–water partition coefficient (Wildman–Crippen LogP) is 4.68. The Labute approximate surface area is 187 Å². The normalized spacial score (nSPS) is 13.2. The number of halogens is 1. The molecule has 3 aromatic rings. The molecule has 32 heavy (non-hydrogen) atoms. The fraction of sp³-hybridized carbons (Fsp3) is 0.259. The van der Waals surface area contributed by atoms with E-state index in [0.717, 1.165) is 27.8 Å². The Kier molecular flexibility index (Phi) is 6.95. The van der Waals surface area contributed by atoms with Gasteiger partial charge in [-0.2, -0.15) is 0 Å². The van der Waals surface area contributed by atoms with Crippen LogP contribution in [0.15, 0.2) is 78.9 Å². The molecule has 1 N–H and O–H groups in total. The Morgan fingerprint density at radius 3 is 2.09 bits per heavy atom. The highest BCUT2D eigenvalue weighted by Gasteiger charge is 2.30. The van der Waals surface area contributed by atoms with Gasteiger partial charge in [0, 0.05) is 12.5 Å². The summed E-state index contributed by atoms with van der Waals surface area (Å²) in [6, 6.07) is 25.8. The van der Waals surface area contributed by atoms with Crippen molar-refractivity contribution in [3.8, 4) is 11.1 Å². The Bertz CT molecular complexity index is 1040. The first-order chi connectivity index (χ1) is 15.7. The Hall–Kier alpha value is -3.47. The monoisotopic (exact) mass is 431 g/mol. The van der Waals surface area contributed by atoms with Crippen LogP contribution in [-0.4, -0.2) is 31.7 Å². The van der Waals surface area contributed by atoms with Crippen LogP contribution in [0, 0.1) is 5.92 Å². The summed E-state index contributed by atoms with van der Waals surface area (Å²) in [5.74, 6) is -1.40. The van der Waals surface area contributed by atoms with Crippen LogP contribution in [-0.2, 0) is 20.7 Å². The number of rotatable bonds is 9. The number of carbonyl (C=O) groups is 2. The Balaban J connectivity index is 1.44. The van der Waals surface area contributed by atoms with E-state index in [1.54, 1.807) is 0 Å². The minimum absolute atomic E-state index is 0.0284. The number of nitrogens with one attached hydrogen (secondary N) is 1. The van der Waals surface area contributed by atoms with E-state index < -0.39 is 18.6 Å². The second kappa shape index (κ2) is 10.2. The number of fused-ring (bicyclic) bond motifs is 3. The molecule has 0 aliphatic heterocycles. The van der Waals surface area contributed by atoms with Crippen LogP contribution >= 0.6 is 0 Å². The molecule has 1 atom stereocenters. The van der Waals surface area contributed by atoms with Crippen LogP contribution in [0.4, 0.5) is 4.39 Å². The molecule has 4 nitrogen and oxygen atoms in total. The van der Waals surface area contributed by atoms with E-state index in [2.05, 4.69) is 29.6 Å². The van der Waals surface area contributed by atoms with E-state index in [9.17, 15) is 14.0 Å². The molecule has 1 aliphatic rings. The molecule has 0 fully saturated rings. The first kappa shape index (κ1) is 21.8. The van der Waals surface area contributed by atoms with Crippen LogP contribution < -0.4 is 5.32 Å². The van der Waals surface area contributed by atoms with Crippen LogP contribution in [0.2, 0.25) is 0 Å². The average molecular weight is 432 g/mol. The minimum atomic E-state index is -0.644. The lowest BCUT2D eigenvalue weighted by Crippen LogP contribution is -2.35. The van der Waals surface area contributed by atoms with Crippen molar-refractivity contribution in [1.29, 1.82) is 0 Å². The van der Waals surface area contributed by atoms with Crippen molar-refractivity contribution in [2.45, 2.75) is 18.8 Å². The molecule has 1 aliphatic carbocycles. The molecule has 0 unspecified atom stereocenters. The average Bonchev–Trinajstić information content (AvgIpc) is 3.15. The molecule has 0 bridgehead atoms. The largest absolute Gasteiger partial charge is 0.465 e. The highest BCUT2D eigenvalue weighted by atomic mass is 19.1. The van der Waals surface area contributed by atoms with E-state index in [0.29, 0.717) is 6.42 Å². The molecule has 0 aromatic heterocycles. The molecule has 0 saturated carbocycles. The van der Waals surface area contributed by atoms with Gasteiger partial charge >= 0.3 is 5.97 Å². The van der Waals surface area contributed by atoms with Crippen LogP contribution in [0.5, 0.6) is 0 Å². The first-order valence-corrected chi connectivity index (χ1v) is 10.9. The molecule has 164 valence electrons. The molecule has 0 radical (unpaired) electrons. The molecule has 4 rings (SSSR count). The second-order valence-electron chi connectivity index (χ2n) is 7.98. The number of alkyl halides is 1. The molecule has 3 aromatic carbocycles. The zero-order valence-corrected chi connectivity index (χ0v) is 17.8. The zero-order chi connectivity index (χ0) is 22.3. The van der Waals surface area contributed by atoms with E-state index in [-0.39, 0.29) is 31.4 Å². The third-order valence-electron chi connectivity index (χ3n) is 5.88. The van der Waals surface area contributed by atoms with Crippen molar-refractivity contribution in [3.05, 3.63) is 95.6 Å². The van der Waals surface area contributed by atoms with Crippen molar-refractivity contribution < 1.29 is 18.7 Å². The van der Waals surface area contributed by atoms with Crippen LogP contribution in [0.1, 0.15) is 29.0 Å². The van der Waals surface area contributed by atoms with Gasteiger partial charge in [-0.25, -0.2) is 4.39 Å². The Morgan fingerprint density at radius 2 is 1.47 bits per heavy atom. The van der Waals surface area contributed by atoms with Gasteiger partial charge in [0.1, 0.15) is 13.3 Å². The van der Waals surface area contributed by atoms with E-state index in [4.69, 9.17) is 4.74 Å². The van der Waals surface area contributed by atoms with Crippen LogP contribution in [0.25, 0.3) is 11.1 Å². The van der Waals surface area contributed by atoms with Crippen molar-refractivity contribution >= 4 is 11.9 Å². The molecular weight excluding hydrogens is 405 g/mol. The van der Waals surface area contributed by atoms with Crippen molar-refractivity contribution in [2.24, 2.45) is 5.92 Å². The van der Waals surface area contributed by atoms with Gasteiger partial charge in [-0.15, -0.1) is 0 Å². The van der Waals surface area contributed by atoms with Gasteiger partial charge in [0.2, 0.25) is 5.91 Å². The number of esters is 1. The number of benzene rings is 3. The van der Waals surface area contributed by atoms with Crippen molar-refractivity contribution in [1.82, 2.24) is 5.32 Å². The minimum Gasteiger partial charge on any atom is -0.465 e. The summed E-state index contributed by atoms with van der Waals surface area (Å²) in [5, 5.41) is 2.56. The van der Waals surface area contributed by atoms with Gasteiger partial charge in [-0.05, 0) is 34.2 Å². The molecule has 0 spiro atoms. The third kappa shape index (κ3) is 4.88. The number of amides is 1. The summed E-state index contributed by atoms with van der Waals surface area (Å²) in [7, 11) is 0. The van der Waals surface area contributed by atoms with Gasteiger partial charge in [0.15, 0.2) is 0 Å².